The van der Waals surface area contributed by atoms with E-state index in [0.29, 0.717) is 18.8 Å². The van der Waals surface area contributed by atoms with Gasteiger partial charge in [0.05, 0.1) is 17.0 Å². The molecule has 0 spiro atoms. The third-order valence-electron chi connectivity index (χ3n) is 5.05. The maximum absolute atomic E-state index is 13.0. The van der Waals surface area contributed by atoms with E-state index in [1.54, 1.807) is 11.0 Å². The van der Waals surface area contributed by atoms with Crippen LogP contribution in [0.25, 0.3) is 0 Å². The van der Waals surface area contributed by atoms with Gasteiger partial charge in [-0.2, -0.15) is 17.5 Å². The van der Waals surface area contributed by atoms with E-state index in [-0.39, 0.29) is 18.0 Å². The normalized spacial score (nSPS) is 15.4. The molecule has 1 aliphatic rings. The van der Waals surface area contributed by atoms with Gasteiger partial charge in [0.15, 0.2) is 0 Å². The summed E-state index contributed by atoms with van der Waals surface area (Å²) in [5.74, 6) is -0.992. The number of carbonyl (C=O) groups is 1. The first-order chi connectivity index (χ1) is 14.5. The first-order valence-corrected chi connectivity index (χ1v) is 10.8. The SMILES string of the molecule is CN(CC(=O)N1CCN(c2cccc(C(F)(F)F)c2)CC1)S(=O)(=O)c1ccc(F)cc1. The lowest BCUT2D eigenvalue weighted by molar-refractivity contribution is -0.137. The monoisotopic (exact) mass is 459 g/mol. The Bertz CT molecular complexity index is 1030. The third-order valence-corrected chi connectivity index (χ3v) is 6.87. The fourth-order valence-corrected chi connectivity index (χ4v) is 4.38. The Balaban J connectivity index is 1.60. The minimum absolute atomic E-state index is 0.126. The number of rotatable bonds is 5. The topological polar surface area (TPSA) is 60.9 Å². The molecule has 0 atom stereocenters. The second-order valence-corrected chi connectivity index (χ2v) is 9.18. The van der Waals surface area contributed by atoms with E-state index in [1.807, 2.05) is 0 Å². The molecule has 6 nitrogen and oxygen atoms in total. The number of hydrogen-bond donors (Lipinski definition) is 0. The van der Waals surface area contributed by atoms with Crippen LogP contribution in [0.4, 0.5) is 23.2 Å². The van der Waals surface area contributed by atoms with E-state index in [0.717, 1.165) is 40.7 Å². The van der Waals surface area contributed by atoms with Crippen LogP contribution in [0.15, 0.2) is 53.4 Å². The summed E-state index contributed by atoms with van der Waals surface area (Å²) in [4.78, 5) is 15.7. The Morgan fingerprint density at radius 1 is 1.03 bits per heavy atom. The van der Waals surface area contributed by atoms with Gasteiger partial charge in [-0.25, -0.2) is 12.8 Å². The molecule has 0 N–H and O–H groups in total. The Morgan fingerprint density at radius 3 is 2.23 bits per heavy atom. The molecule has 1 aliphatic heterocycles. The Hall–Kier alpha value is -2.66. The average Bonchev–Trinajstić information content (AvgIpc) is 2.73. The number of piperazine rings is 1. The smallest absolute Gasteiger partial charge is 0.368 e. The van der Waals surface area contributed by atoms with Crippen LogP contribution in [0.3, 0.4) is 0 Å². The van der Waals surface area contributed by atoms with Crippen LogP contribution in [-0.2, 0) is 21.0 Å². The van der Waals surface area contributed by atoms with E-state index in [4.69, 9.17) is 0 Å². The summed E-state index contributed by atoms with van der Waals surface area (Å²) in [7, 11) is -2.70. The number of benzene rings is 2. The highest BCUT2D eigenvalue weighted by atomic mass is 32.2. The molecule has 11 heteroatoms. The zero-order chi connectivity index (χ0) is 22.8. The van der Waals surface area contributed by atoms with Crippen molar-refractivity contribution in [2.24, 2.45) is 0 Å². The van der Waals surface area contributed by atoms with E-state index < -0.39 is 40.0 Å². The number of carbonyl (C=O) groups excluding carboxylic acids is 1. The minimum atomic E-state index is -4.44. The molecule has 31 heavy (non-hydrogen) atoms. The fourth-order valence-electron chi connectivity index (χ4n) is 3.25. The van der Waals surface area contributed by atoms with Crippen LogP contribution in [0, 0.1) is 5.82 Å². The average molecular weight is 459 g/mol. The number of hydrogen-bond acceptors (Lipinski definition) is 4. The van der Waals surface area contributed by atoms with E-state index in [1.165, 1.54) is 18.0 Å². The van der Waals surface area contributed by atoms with Gasteiger partial charge in [0.2, 0.25) is 15.9 Å². The van der Waals surface area contributed by atoms with Crippen molar-refractivity contribution in [2.45, 2.75) is 11.1 Å². The summed E-state index contributed by atoms with van der Waals surface area (Å²) >= 11 is 0. The highest BCUT2D eigenvalue weighted by Crippen LogP contribution is 2.31. The zero-order valence-electron chi connectivity index (χ0n) is 16.6. The molecular formula is C20H21F4N3O3S. The van der Waals surface area contributed by atoms with Crippen molar-refractivity contribution < 1.29 is 30.8 Å². The van der Waals surface area contributed by atoms with Crippen LogP contribution in [0.5, 0.6) is 0 Å². The van der Waals surface area contributed by atoms with Gasteiger partial charge in [-0.05, 0) is 42.5 Å². The maximum atomic E-state index is 13.0. The van der Waals surface area contributed by atoms with Crippen molar-refractivity contribution in [1.29, 1.82) is 0 Å². The molecule has 0 radical (unpaired) electrons. The number of sulfonamides is 1. The molecule has 1 heterocycles. The lowest BCUT2D eigenvalue weighted by Gasteiger charge is -2.36. The molecule has 3 rings (SSSR count). The first-order valence-electron chi connectivity index (χ1n) is 9.40. The summed E-state index contributed by atoms with van der Waals surface area (Å²) in [6.07, 6.45) is -4.44. The second-order valence-electron chi connectivity index (χ2n) is 7.13. The van der Waals surface area contributed by atoms with E-state index in [2.05, 4.69) is 0 Å². The molecule has 0 saturated carbocycles. The summed E-state index contributed by atoms with van der Waals surface area (Å²) in [6.45, 7) is 0.741. The molecule has 1 fully saturated rings. The number of nitrogens with zero attached hydrogens (tertiary/aromatic N) is 3. The number of anilines is 1. The van der Waals surface area contributed by atoms with Gasteiger partial charge in [0, 0.05) is 38.9 Å². The number of likely N-dealkylation sites (N-methyl/N-ethyl adjacent to an activating group) is 1. The lowest BCUT2D eigenvalue weighted by atomic mass is 10.1. The van der Waals surface area contributed by atoms with E-state index >= 15 is 0 Å². The minimum Gasteiger partial charge on any atom is -0.368 e. The number of halogens is 4. The second kappa shape index (κ2) is 8.83. The molecule has 0 aromatic heterocycles. The van der Waals surface area contributed by atoms with Crippen molar-refractivity contribution in [3.05, 3.63) is 59.9 Å². The van der Waals surface area contributed by atoms with Crippen molar-refractivity contribution in [3.63, 3.8) is 0 Å². The number of alkyl halides is 3. The van der Waals surface area contributed by atoms with Crippen molar-refractivity contribution in [3.8, 4) is 0 Å². The van der Waals surface area contributed by atoms with Gasteiger partial charge in [-0.15, -0.1) is 0 Å². The van der Waals surface area contributed by atoms with Crippen molar-refractivity contribution in [2.75, 3.05) is 44.7 Å². The molecule has 0 bridgehead atoms. The van der Waals surface area contributed by atoms with Gasteiger partial charge < -0.3 is 9.80 Å². The molecule has 1 saturated heterocycles. The molecule has 2 aromatic carbocycles. The number of amides is 1. The standard InChI is InChI=1S/C20H21F4N3O3S/c1-25(31(29,30)18-7-5-16(21)6-8-18)14-19(28)27-11-9-26(10-12-27)17-4-2-3-15(13-17)20(22,23)24/h2-8,13H,9-12,14H2,1H3. The van der Waals surface area contributed by atoms with Crippen LogP contribution >= 0.6 is 0 Å². The first kappa shape index (κ1) is 23.0. The van der Waals surface area contributed by atoms with Crippen LogP contribution in [0.1, 0.15) is 5.56 Å². The molecule has 2 aromatic rings. The lowest BCUT2D eigenvalue weighted by Crippen LogP contribution is -2.51. The summed E-state index contributed by atoms with van der Waals surface area (Å²) in [6, 6.07) is 9.28. The Morgan fingerprint density at radius 2 is 1.65 bits per heavy atom. The molecular weight excluding hydrogens is 438 g/mol. The van der Waals surface area contributed by atoms with Crippen molar-refractivity contribution in [1.82, 2.24) is 9.21 Å². The Labute approximate surface area is 177 Å². The predicted molar refractivity (Wildman–Crippen MR) is 106 cm³/mol. The zero-order valence-corrected chi connectivity index (χ0v) is 17.5. The summed E-state index contributed by atoms with van der Waals surface area (Å²) in [5.41, 5.74) is -0.325. The van der Waals surface area contributed by atoms with Gasteiger partial charge in [0.25, 0.3) is 0 Å². The molecule has 0 aliphatic carbocycles. The Kier molecular flexibility index (Phi) is 6.56. The highest BCUT2D eigenvalue weighted by Gasteiger charge is 2.31. The molecule has 168 valence electrons. The van der Waals surface area contributed by atoms with Crippen LogP contribution in [0.2, 0.25) is 0 Å². The van der Waals surface area contributed by atoms with Crippen molar-refractivity contribution >= 4 is 21.6 Å². The third kappa shape index (κ3) is 5.34. The van der Waals surface area contributed by atoms with Crippen LogP contribution in [-0.4, -0.2) is 63.3 Å². The van der Waals surface area contributed by atoms with Crippen LogP contribution < -0.4 is 4.90 Å². The summed E-state index contributed by atoms with van der Waals surface area (Å²) in [5, 5.41) is 0. The molecule has 0 unspecified atom stereocenters. The fraction of sp³-hybridized carbons (Fsp3) is 0.350. The summed E-state index contributed by atoms with van der Waals surface area (Å²) < 4.78 is 77.8. The van der Waals surface area contributed by atoms with Gasteiger partial charge in [-0.1, -0.05) is 6.07 Å². The predicted octanol–water partition coefficient (Wildman–Crippen LogP) is 2.81. The van der Waals surface area contributed by atoms with Gasteiger partial charge in [-0.3, -0.25) is 4.79 Å². The highest BCUT2D eigenvalue weighted by molar-refractivity contribution is 7.89. The quantitative estimate of drug-likeness (QED) is 0.646. The van der Waals surface area contributed by atoms with Gasteiger partial charge >= 0.3 is 6.18 Å². The van der Waals surface area contributed by atoms with Gasteiger partial charge in [0.1, 0.15) is 5.82 Å². The largest absolute Gasteiger partial charge is 0.416 e. The van der Waals surface area contributed by atoms with E-state index in [9.17, 15) is 30.8 Å². The molecule has 1 amide bonds. The maximum Gasteiger partial charge on any atom is 0.416 e.